The van der Waals surface area contributed by atoms with Crippen molar-refractivity contribution in [1.82, 2.24) is 10.3 Å². The van der Waals surface area contributed by atoms with Crippen molar-refractivity contribution >= 4 is 28.1 Å². The van der Waals surface area contributed by atoms with Crippen molar-refractivity contribution in [1.29, 1.82) is 0 Å². The van der Waals surface area contributed by atoms with E-state index in [0.29, 0.717) is 6.61 Å². The number of rotatable bonds is 7. The Bertz CT molecular complexity index is 782. The number of likely N-dealkylation sites (tertiary alicyclic amines) is 1. The Balaban J connectivity index is 1.41. The maximum absolute atomic E-state index is 12.4. The van der Waals surface area contributed by atoms with Crippen molar-refractivity contribution < 1.29 is 9.53 Å². The van der Waals surface area contributed by atoms with Crippen LogP contribution in [-0.2, 0) is 11.3 Å². The predicted molar refractivity (Wildman–Crippen MR) is 115 cm³/mol. The average molecular weight is 444 g/mol. The quantitative estimate of drug-likeness (QED) is 0.514. The molecule has 0 spiro atoms. The minimum atomic E-state index is 0.00507. The highest BCUT2D eigenvalue weighted by molar-refractivity contribution is 9.10. The van der Waals surface area contributed by atoms with Gasteiger partial charge in [0, 0.05) is 16.9 Å². The molecule has 1 amide bonds. The molecule has 1 fully saturated rings. The monoisotopic (exact) mass is 443 g/mol. The van der Waals surface area contributed by atoms with Crippen LogP contribution in [0.2, 0.25) is 0 Å². The van der Waals surface area contributed by atoms with Crippen molar-refractivity contribution in [3.63, 3.8) is 0 Å². The maximum Gasteiger partial charge on any atom is 0.243 e. The minimum absolute atomic E-state index is 0.00507. The van der Waals surface area contributed by atoms with Gasteiger partial charge < -0.3 is 4.74 Å². The van der Waals surface area contributed by atoms with Gasteiger partial charge in [-0.25, -0.2) is 5.43 Å². The zero-order chi connectivity index (χ0) is 19.8. The van der Waals surface area contributed by atoms with Gasteiger partial charge in [0.15, 0.2) is 0 Å². The Hall–Kier alpha value is -2.18. The molecule has 148 valence electrons. The Morgan fingerprint density at radius 1 is 1.18 bits per heavy atom. The number of carbonyl (C=O) groups excluding carboxylic acids is 1. The topological polar surface area (TPSA) is 53.9 Å². The van der Waals surface area contributed by atoms with Gasteiger partial charge in [0.05, 0.1) is 12.8 Å². The summed E-state index contributed by atoms with van der Waals surface area (Å²) in [5, 5.41) is 4.10. The first kappa shape index (κ1) is 20.6. The summed E-state index contributed by atoms with van der Waals surface area (Å²) >= 11 is 3.46. The number of ether oxygens (including phenoxy) is 1. The number of hydrazone groups is 1. The molecular formula is C22H26BrN3O2. The summed E-state index contributed by atoms with van der Waals surface area (Å²) in [5.74, 6) is 0.864. The lowest BCUT2D eigenvalue weighted by Crippen LogP contribution is -2.39. The zero-order valence-corrected chi connectivity index (χ0v) is 17.7. The lowest BCUT2D eigenvalue weighted by molar-refractivity contribution is -0.126. The maximum atomic E-state index is 12.4. The number of hydrogen-bond acceptors (Lipinski definition) is 4. The van der Waals surface area contributed by atoms with Gasteiger partial charge in [-0.3, -0.25) is 9.69 Å². The molecule has 0 atom stereocenters. The summed E-state index contributed by atoms with van der Waals surface area (Å²) in [5.41, 5.74) is 4.91. The fraction of sp³-hybridized carbons (Fsp3) is 0.364. The highest BCUT2D eigenvalue weighted by atomic mass is 79.9. The summed E-state index contributed by atoms with van der Waals surface area (Å²) in [6.45, 7) is 5.38. The molecule has 1 saturated heterocycles. The molecule has 6 heteroatoms. The van der Waals surface area contributed by atoms with Gasteiger partial charge in [0.2, 0.25) is 5.91 Å². The fourth-order valence-electron chi connectivity index (χ4n) is 3.28. The van der Waals surface area contributed by atoms with Crippen LogP contribution < -0.4 is 10.2 Å². The number of halogens is 1. The van der Waals surface area contributed by atoms with Crippen LogP contribution in [0.15, 0.2) is 58.1 Å². The van der Waals surface area contributed by atoms with Crippen molar-refractivity contribution in [3.8, 4) is 5.75 Å². The van der Waals surface area contributed by atoms with Crippen LogP contribution in [0.4, 0.5) is 0 Å². The average Bonchev–Trinajstić information content (AvgIpc) is 2.72. The van der Waals surface area contributed by atoms with Gasteiger partial charge in [-0.2, -0.15) is 5.10 Å². The molecule has 1 heterocycles. The number of nitrogens with one attached hydrogen (secondary N) is 1. The van der Waals surface area contributed by atoms with E-state index in [0.717, 1.165) is 48.3 Å². The third-order valence-corrected chi connectivity index (χ3v) is 5.39. The van der Waals surface area contributed by atoms with Crippen LogP contribution in [0.25, 0.3) is 0 Å². The van der Waals surface area contributed by atoms with Gasteiger partial charge in [-0.15, -0.1) is 0 Å². The van der Waals surface area contributed by atoms with Crippen molar-refractivity contribution in [3.05, 3.63) is 64.1 Å². The molecule has 0 radical (unpaired) electrons. The number of hydrogen-bond donors (Lipinski definition) is 1. The molecule has 1 aliphatic heterocycles. The van der Waals surface area contributed by atoms with E-state index >= 15 is 0 Å². The van der Waals surface area contributed by atoms with E-state index in [-0.39, 0.29) is 11.8 Å². The number of piperidine rings is 1. The Kier molecular flexibility index (Phi) is 7.62. The number of nitrogens with zero attached hydrogens (tertiary/aromatic N) is 2. The van der Waals surface area contributed by atoms with Crippen LogP contribution in [0, 0.1) is 5.92 Å². The zero-order valence-electron chi connectivity index (χ0n) is 16.1. The van der Waals surface area contributed by atoms with E-state index in [2.05, 4.69) is 55.6 Å². The molecule has 0 saturated carbocycles. The van der Waals surface area contributed by atoms with E-state index in [4.69, 9.17) is 4.74 Å². The van der Waals surface area contributed by atoms with Crippen molar-refractivity contribution in [2.45, 2.75) is 26.3 Å². The summed E-state index contributed by atoms with van der Waals surface area (Å²) < 4.78 is 6.51. The lowest BCUT2D eigenvalue weighted by atomic mass is 9.96. The molecule has 2 aromatic carbocycles. The second-order valence-corrected chi connectivity index (χ2v) is 7.83. The number of amides is 1. The van der Waals surface area contributed by atoms with Gasteiger partial charge in [0.25, 0.3) is 0 Å². The molecular weight excluding hydrogens is 418 g/mol. The summed E-state index contributed by atoms with van der Waals surface area (Å²) in [7, 11) is 0. The van der Waals surface area contributed by atoms with E-state index in [1.165, 1.54) is 5.56 Å². The summed E-state index contributed by atoms with van der Waals surface area (Å²) in [6.07, 6.45) is 3.39. The van der Waals surface area contributed by atoms with E-state index in [1.807, 2.05) is 31.2 Å². The molecule has 0 aliphatic carbocycles. The largest absolute Gasteiger partial charge is 0.494 e. The summed E-state index contributed by atoms with van der Waals surface area (Å²) in [4.78, 5) is 14.8. The highest BCUT2D eigenvalue weighted by Crippen LogP contribution is 2.20. The number of benzene rings is 2. The number of carbonyl (C=O) groups is 1. The standard InChI is InChI=1S/C22H26BrN3O2/c1-2-28-21-9-5-17(6-10-21)15-24-25-22(27)19-11-13-26(14-12-19)16-18-3-7-20(23)8-4-18/h3-10,15,19H,2,11-14,16H2,1H3,(H,25,27). The SMILES string of the molecule is CCOc1ccc(C=NNC(=O)C2CCN(Cc3ccc(Br)cc3)CC2)cc1. The van der Waals surface area contributed by atoms with Crippen LogP contribution in [0.3, 0.4) is 0 Å². The second-order valence-electron chi connectivity index (χ2n) is 6.91. The van der Waals surface area contributed by atoms with E-state index in [1.54, 1.807) is 6.21 Å². The van der Waals surface area contributed by atoms with Crippen molar-refractivity contribution in [2.24, 2.45) is 11.0 Å². The molecule has 3 rings (SSSR count). The first-order chi connectivity index (χ1) is 13.6. The fourth-order valence-corrected chi connectivity index (χ4v) is 3.54. The first-order valence-corrected chi connectivity index (χ1v) is 10.5. The van der Waals surface area contributed by atoms with Crippen LogP contribution in [0.5, 0.6) is 5.75 Å². The molecule has 2 aromatic rings. The van der Waals surface area contributed by atoms with Crippen molar-refractivity contribution in [2.75, 3.05) is 19.7 Å². The Labute approximate surface area is 174 Å². The van der Waals surface area contributed by atoms with E-state index < -0.39 is 0 Å². The first-order valence-electron chi connectivity index (χ1n) is 9.66. The smallest absolute Gasteiger partial charge is 0.243 e. The normalized spacial score (nSPS) is 15.6. The molecule has 1 aliphatic rings. The van der Waals surface area contributed by atoms with Crippen LogP contribution >= 0.6 is 15.9 Å². The molecule has 1 N–H and O–H groups in total. The molecule has 0 aromatic heterocycles. The lowest BCUT2D eigenvalue weighted by Gasteiger charge is -2.30. The highest BCUT2D eigenvalue weighted by Gasteiger charge is 2.24. The second kappa shape index (κ2) is 10.4. The molecule has 5 nitrogen and oxygen atoms in total. The Morgan fingerprint density at radius 3 is 2.50 bits per heavy atom. The third kappa shape index (κ3) is 6.17. The third-order valence-electron chi connectivity index (χ3n) is 4.86. The Morgan fingerprint density at radius 2 is 1.86 bits per heavy atom. The molecule has 0 bridgehead atoms. The summed E-state index contributed by atoms with van der Waals surface area (Å²) in [6, 6.07) is 16.0. The molecule has 28 heavy (non-hydrogen) atoms. The van der Waals surface area contributed by atoms with Gasteiger partial charge in [-0.05, 0) is 80.4 Å². The predicted octanol–water partition coefficient (Wildman–Crippen LogP) is 4.21. The minimum Gasteiger partial charge on any atom is -0.494 e. The van der Waals surface area contributed by atoms with E-state index in [9.17, 15) is 4.79 Å². The van der Waals surface area contributed by atoms with Crippen LogP contribution in [-0.4, -0.2) is 36.7 Å². The van der Waals surface area contributed by atoms with Gasteiger partial charge in [0.1, 0.15) is 5.75 Å². The van der Waals surface area contributed by atoms with Gasteiger partial charge >= 0.3 is 0 Å². The van der Waals surface area contributed by atoms with Crippen LogP contribution in [0.1, 0.15) is 30.9 Å². The molecule has 0 unspecified atom stereocenters. The van der Waals surface area contributed by atoms with Gasteiger partial charge in [-0.1, -0.05) is 28.1 Å².